The van der Waals surface area contributed by atoms with Crippen LogP contribution in [0.15, 0.2) is 30.5 Å². The van der Waals surface area contributed by atoms with Crippen LogP contribution in [0, 0.1) is 5.92 Å². The van der Waals surface area contributed by atoms with E-state index in [1.165, 1.54) is 32.1 Å². The highest BCUT2D eigenvalue weighted by atomic mass is 16.5. The molecule has 26 heavy (non-hydrogen) atoms. The molecule has 1 N–H and O–H groups in total. The van der Waals surface area contributed by atoms with Crippen molar-refractivity contribution in [2.24, 2.45) is 5.92 Å². The van der Waals surface area contributed by atoms with Crippen LogP contribution in [-0.4, -0.2) is 35.9 Å². The zero-order valence-corrected chi connectivity index (χ0v) is 15.6. The van der Waals surface area contributed by atoms with E-state index in [-0.39, 0.29) is 6.10 Å². The van der Waals surface area contributed by atoms with Gasteiger partial charge < -0.3 is 19.4 Å². The molecule has 2 aromatic rings. The quantitative estimate of drug-likeness (QED) is 0.860. The average Bonchev–Trinajstić information content (AvgIpc) is 3.12. The lowest BCUT2D eigenvalue weighted by Gasteiger charge is -2.26. The predicted octanol–water partition coefficient (Wildman–Crippen LogP) is 3.63. The van der Waals surface area contributed by atoms with Gasteiger partial charge in [0, 0.05) is 18.3 Å². The minimum absolute atomic E-state index is 0.226. The van der Waals surface area contributed by atoms with Gasteiger partial charge in [-0.05, 0) is 49.6 Å². The molecule has 2 aliphatic rings. The monoisotopic (exact) mass is 355 g/mol. The molecule has 5 heteroatoms. The lowest BCUT2D eigenvalue weighted by Crippen LogP contribution is -2.38. The number of nitrogens with zero attached hydrogens (tertiary/aromatic N) is 2. The van der Waals surface area contributed by atoms with Gasteiger partial charge in [-0.2, -0.15) is 0 Å². The highest BCUT2D eigenvalue weighted by Gasteiger charge is 2.22. The van der Waals surface area contributed by atoms with Crippen LogP contribution in [0.2, 0.25) is 0 Å². The number of imidazole rings is 1. The number of rotatable bonds is 6. The molecule has 4 rings (SSSR count). The largest absolute Gasteiger partial charge is 0.497 e. The van der Waals surface area contributed by atoms with E-state index in [2.05, 4.69) is 28.2 Å². The molecule has 1 saturated carbocycles. The van der Waals surface area contributed by atoms with Crippen LogP contribution in [0.3, 0.4) is 0 Å². The minimum Gasteiger partial charge on any atom is -0.497 e. The van der Waals surface area contributed by atoms with Crippen LogP contribution in [0.1, 0.15) is 37.9 Å². The van der Waals surface area contributed by atoms with Gasteiger partial charge in [-0.1, -0.05) is 19.3 Å². The second kappa shape index (κ2) is 8.23. The molecule has 5 nitrogen and oxygen atoms in total. The number of hydrogen-bond acceptors (Lipinski definition) is 4. The molecule has 0 saturated heterocycles. The molecule has 1 aliphatic carbocycles. The summed E-state index contributed by atoms with van der Waals surface area (Å²) in [4.78, 5) is 4.74. The fourth-order valence-electron chi connectivity index (χ4n) is 4.06. The molecule has 0 amide bonds. The van der Waals surface area contributed by atoms with Crippen molar-refractivity contribution in [3.8, 4) is 17.0 Å². The van der Waals surface area contributed by atoms with Crippen LogP contribution in [0.4, 0.5) is 0 Å². The molecule has 0 unspecified atom stereocenters. The van der Waals surface area contributed by atoms with Crippen molar-refractivity contribution in [1.82, 2.24) is 14.9 Å². The van der Waals surface area contributed by atoms with Gasteiger partial charge in [0.2, 0.25) is 0 Å². The van der Waals surface area contributed by atoms with E-state index in [4.69, 9.17) is 14.5 Å². The van der Waals surface area contributed by atoms with Gasteiger partial charge in [0.25, 0.3) is 0 Å². The average molecular weight is 355 g/mol. The van der Waals surface area contributed by atoms with Gasteiger partial charge in [-0.15, -0.1) is 0 Å². The zero-order valence-electron chi connectivity index (χ0n) is 15.6. The van der Waals surface area contributed by atoms with Crippen molar-refractivity contribution < 1.29 is 9.47 Å². The van der Waals surface area contributed by atoms with Crippen LogP contribution < -0.4 is 10.1 Å². The Bertz CT molecular complexity index is 705. The molecule has 1 aromatic heterocycles. The molecule has 2 heterocycles. The number of fused-ring (bicyclic) bond motifs is 1. The van der Waals surface area contributed by atoms with E-state index < -0.39 is 0 Å². The number of benzene rings is 1. The van der Waals surface area contributed by atoms with E-state index in [1.807, 2.05) is 12.1 Å². The molecular formula is C21H29N3O2. The van der Waals surface area contributed by atoms with Gasteiger partial charge in [0.05, 0.1) is 25.5 Å². The molecule has 1 fully saturated rings. The smallest absolute Gasteiger partial charge is 0.135 e. The standard InChI is InChI=1S/C21H29N3O2/c1-25-18-9-7-17(8-10-18)20-14-24-13-19(26-15-21(24)23-20)12-22-11-16-5-3-2-4-6-16/h7-10,14,16,19,22H,2-6,11-13,15H2,1H3/t19-/m0/s1. The summed E-state index contributed by atoms with van der Waals surface area (Å²) in [6.45, 7) is 3.52. The van der Waals surface area contributed by atoms with Crippen LogP contribution in [0.5, 0.6) is 5.75 Å². The summed E-state index contributed by atoms with van der Waals surface area (Å²) in [5.41, 5.74) is 2.11. The molecule has 0 radical (unpaired) electrons. The maximum atomic E-state index is 6.01. The Kier molecular flexibility index (Phi) is 5.56. The zero-order chi connectivity index (χ0) is 17.8. The summed E-state index contributed by atoms with van der Waals surface area (Å²) in [5, 5.41) is 3.63. The molecule has 0 spiro atoms. The third kappa shape index (κ3) is 4.10. The summed E-state index contributed by atoms with van der Waals surface area (Å²) in [6.07, 6.45) is 9.36. The minimum atomic E-state index is 0.226. The second-order valence-electron chi connectivity index (χ2n) is 7.52. The third-order valence-electron chi connectivity index (χ3n) is 5.62. The Morgan fingerprint density at radius 2 is 1.96 bits per heavy atom. The van der Waals surface area contributed by atoms with Crippen molar-refractivity contribution in [3.05, 3.63) is 36.3 Å². The van der Waals surface area contributed by atoms with Crippen molar-refractivity contribution in [2.45, 2.75) is 51.4 Å². The first-order chi connectivity index (χ1) is 12.8. The van der Waals surface area contributed by atoms with Crippen molar-refractivity contribution in [2.75, 3.05) is 20.2 Å². The molecule has 1 aromatic carbocycles. The molecule has 1 atom stereocenters. The van der Waals surface area contributed by atoms with Gasteiger partial charge in [0.1, 0.15) is 18.2 Å². The normalized spacial score (nSPS) is 20.7. The van der Waals surface area contributed by atoms with Crippen molar-refractivity contribution >= 4 is 0 Å². The van der Waals surface area contributed by atoms with Crippen LogP contribution in [0.25, 0.3) is 11.3 Å². The Labute approximate surface area is 155 Å². The van der Waals surface area contributed by atoms with Crippen LogP contribution in [-0.2, 0) is 17.9 Å². The van der Waals surface area contributed by atoms with E-state index in [1.54, 1.807) is 7.11 Å². The molecular weight excluding hydrogens is 326 g/mol. The first-order valence-corrected chi connectivity index (χ1v) is 9.84. The summed E-state index contributed by atoms with van der Waals surface area (Å²) < 4.78 is 13.5. The number of hydrogen-bond donors (Lipinski definition) is 1. The predicted molar refractivity (Wildman–Crippen MR) is 102 cm³/mol. The number of aromatic nitrogens is 2. The fourth-order valence-corrected chi connectivity index (χ4v) is 4.06. The van der Waals surface area contributed by atoms with Gasteiger partial charge in [-0.3, -0.25) is 0 Å². The second-order valence-corrected chi connectivity index (χ2v) is 7.52. The summed E-state index contributed by atoms with van der Waals surface area (Å²) >= 11 is 0. The highest BCUT2D eigenvalue weighted by molar-refractivity contribution is 5.59. The number of methoxy groups -OCH3 is 1. The lowest BCUT2D eigenvalue weighted by atomic mass is 9.89. The maximum Gasteiger partial charge on any atom is 0.135 e. The van der Waals surface area contributed by atoms with Crippen LogP contribution >= 0.6 is 0 Å². The molecule has 1 aliphatic heterocycles. The first kappa shape index (κ1) is 17.6. The van der Waals surface area contributed by atoms with E-state index in [0.29, 0.717) is 6.61 Å². The summed E-state index contributed by atoms with van der Waals surface area (Å²) in [6, 6.07) is 8.05. The Hall–Kier alpha value is -1.85. The summed E-state index contributed by atoms with van der Waals surface area (Å²) in [7, 11) is 1.68. The third-order valence-corrected chi connectivity index (χ3v) is 5.62. The SMILES string of the molecule is COc1ccc(-c2cn3c(n2)CO[C@@H](CNCC2CCCCC2)C3)cc1. The Morgan fingerprint density at radius 3 is 2.73 bits per heavy atom. The molecule has 0 bridgehead atoms. The lowest BCUT2D eigenvalue weighted by molar-refractivity contribution is 0.00238. The maximum absolute atomic E-state index is 6.01. The van der Waals surface area contributed by atoms with Crippen molar-refractivity contribution in [1.29, 1.82) is 0 Å². The van der Waals surface area contributed by atoms with Crippen molar-refractivity contribution in [3.63, 3.8) is 0 Å². The number of ether oxygens (including phenoxy) is 2. The van der Waals surface area contributed by atoms with E-state index in [0.717, 1.165) is 48.4 Å². The topological polar surface area (TPSA) is 48.3 Å². The highest BCUT2D eigenvalue weighted by Crippen LogP contribution is 2.25. The van der Waals surface area contributed by atoms with Gasteiger partial charge in [0.15, 0.2) is 0 Å². The molecule has 140 valence electrons. The van der Waals surface area contributed by atoms with E-state index >= 15 is 0 Å². The number of nitrogens with one attached hydrogen (secondary N) is 1. The Morgan fingerprint density at radius 1 is 1.15 bits per heavy atom. The van der Waals surface area contributed by atoms with Gasteiger partial charge >= 0.3 is 0 Å². The first-order valence-electron chi connectivity index (χ1n) is 9.84. The Balaban J connectivity index is 1.32. The van der Waals surface area contributed by atoms with Gasteiger partial charge in [-0.25, -0.2) is 4.98 Å². The van der Waals surface area contributed by atoms with E-state index in [9.17, 15) is 0 Å². The summed E-state index contributed by atoms with van der Waals surface area (Å²) in [5.74, 6) is 2.74. The fraction of sp³-hybridized carbons (Fsp3) is 0.571.